The standard InChI is InChI=1S/2C41H83NO2.Ca/c2*1-4-6-8-10-12-14-16-18-20-22-24-26-28-30-32-34-36-38-42(40(3)41(43)44)39-37-35-33-31-29-27-25-23-21-19-17-15-13-11-9-7-5-2;/h2*40H,4-39H2,1-3H3,(H,43,44);/q;;+2/p-2. The van der Waals surface area contributed by atoms with Crippen LogP contribution >= 0.6 is 0 Å². The summed E-state index contributed by atoms with van der Waals surface area (Å²) in [5, 5.41) is 23.1. The van der Waals surface area contributed by atoms with Gasteiger partial charge in [0.15, 0.2) is 0 Å². The minimum absolute atomic E-state index is 0. The van der Waals surface area contributed by atoms with Crippen molar-refractivity contribution < 1.29 is 19.8 Å². The van der Waals surface area contributed by atoms with Crippen molar-refractivity contribution >= 4 is 49.7 Å². The van der Waals surface area contributed by atoms with Gasteiger partial charge in [0.1, 0.15) is 0 Å². The summed E-state index contributed by atoms with van der Waals surface area (Å²) in [6.07, 6.45) is 93.8. The normalized spacial score (nSPS) is 12.2. The second-order valence-corrected chi connectivity index (χ2v) is 28.7. The summed E-state index contributed by atoms with van der Waals surface area (Å²) in [5.41, 5.74) is 0. The molecule has 0 aromatic heterocycles. The van der Waals surface area contributed by atoms with E-state index in [0.717, 1.165) is 51.9 Å². The number of nitrogens with zero attached hydrogens (tertiary/aromatic N) is 2. The summed E-state index contributed by atoms with van der Waals surface area (Å²) in [6.45, 7) is 16.4. The topological polar surface area (TPSA) is 86.7 Å². The largest absolute Gasteiger partial charge is 2.00 e. The van der Waals surface area contributed by atoms with Crippen LogP contribution < -0.4 is 10.2 Å². The van der Waals surface area contributed by atoms with Crippen LogP contribution in [0.25, 0.3) is 0 Å². The van der Waals surface area contributed by atoms with Crippen molar-refractivity contribution in [2.75, 3.05) is 26.2 Å². The van der Waals surface area contributed by atoms with E-state index in [9.17, 15) is 19.8 Å². The van der Waals surface area contributed by atoms with Crippen LogP contribution in [0.2, 0.25) is 0 Å². The predicted molar refractivity (Wildman–Crippen MR) is 394 cm³/mol. The maximum atomic E-state index is 11.6. The number of rotatable bonds is 76. The van der Waals surface area contributed by atoms with Crippen LogP contribution in [0.5, 0.6) is 0 Å². The molecule has 89 heavy (non-hydrogen) atoms. The number of hydrogen-bond donors (Lipinski definition) is 0. The van der Waals surface area contributed by atoms with Gasteiger partial charge in [-0.1, -0.05) is 439 Å². The molecule has 0 aromatic rings. The second kappa shape index (κ2) is 82.4. The van der Waals surface area contributed by atoms with E-state index in [1.165, 1.54) is 411 Å². The molecule has 0 fully saturated rings. The first kappa shape index (κ1) is 93.3. The van der Waals surface area contributed by atoms with E-state index in [2.05, 4.69) is 37.5 Å². The van der Waals surface area contributed by atoms with Gasteiger partial charge >= 0.3 is 37.7 Å². The maximum absolute atomic E-state index is 11.6. The quantitative estimate of drug-likeness (QED) is 0.0445. The van der Waals surface area contributed by atoms with Gasteiger partial charge in [-0.15, -0.1) is 0 Å². The molecule has 2 unspecified atom stereocenters. The summed E-state index contributed by atoms with van der Waals surface area (Å²) in [5.74, 6) is -1.83. The molecule has 0 saturated carbocycles. The minimum atomic E-state index is -0.913. The first-order chi connectivity index (χ1) is 43.3. The Balaban J connectivity index is -0.00000164. The third-order valence-electron chi connectivity index (χ3n) is 20.0. The van der Waals surface area contributed by atoms with Crippen LogP contribution in [0.15, 0.2) is 0 Å². The Morgan fingerprint density at radius 1 is 0.202 bits per heavy atom. The number of carbonyl (C=O) groups is 2. The molecule has 2 atom stereocenters. The average molecular weight is 1280 g/mol. The summed E-state index contributed by atoms with van der Waals surface area (Å²) in [4.78, 5) is 27.4. The van der Waals surface area contributed by atoms with E-state index >= 15 is 0 Å². The van der Waals surface area contributed by atoms with Gasteiger partial charge in [-0.3, -0.25) is 9.80 Å². The molecule has 6 nitrogen and oxygen atoms in total. The predicted octanol–water partition coefficient (Wildman–Crippen LogP) is 25.1. The van der Waals surface area contributed by atoms with E-state index in [1.807, 2.05) is 13.8 Å². The third-order valence-corrected chi connectivity index (χ3v) is 20.0. The van der Waals surface area contributed by atoms with Crippen LogP contribution in [0.1, 0.15) is 478 Å². The molecule has 0 aliphatic rings. The zero-order valence-corrected chi connectivity index (χ0v) is 64.5. The molecule has 0 rings (SSSR count). The number of hydrogen-bond acceptors (Lipinski definition) is 6. The Morgan fingerprint density at radius 2 is 0.292 bits per heavy atom. The first-order valence-electron chi connectivity index (χ1n) is 41.2. The van der Waals surface area contributed by atoms with Gasteiger partial charge in [0.05, 0.1) is 11.9 Å². The molecule has 0 aromatic carbocycles. The fraction of sp³-hybridized carbons (Fsp3) is 0.976. The van der Waals surface area contributed by atoms with Crippen molar-refractivity contribution in [3.8, 4) is 0 Å². The van der Waals surface area contributed by atoms with E-state index in [1.54, 1.807) is 0 Å². The van der Waals surface area contributed by atoms with Crippen LogP contribution in [0.4, 0.5) is 0 Å². The summed E-state index contributed by atoms with van der Waals surface area (Å²) in [7, 11) is 0. The van der Waals surface area contributed by atoms with Crippen LogP contribution in [-0.2, 0) is 9.59 Å². The van der Waals surface area contributed by atoms with E-state index in [4.69, 9.17) is 0 Å². The molecule has 7 heteroatoms. The van der Waals surface area contributed by atoms with E-state index < -0.39 is 24.0 Å². The number of carbonyl (C=O) groups excluding carboxylic acids is 2. The van der Waals surface area contributed by atoms with E-state index in [0.29, 0.717) is 0 Å². The molecule has 0 bridgehead atoms. The first-order valence-corrected chi connectivity index (χ1v) is 41.2. The molecule has 0 N–H and O–H groups in total. The van der Waals surface area contributed by atoms with Gasteiger partial charge in [-0.2, -0.15) is 0 Å². The minimum Gasteiger partial charge on any atom is -0.548 e. The molecule has 0 saturated heterocycles. The van der Waals surface area contributed by atoms with Gasteiger partial charge in [-0.25, -0.2) is 0 Å². The second-order valence-electron chi connectivity index (χ2n) is 28.7. The monoisotopic (exact) mass is 1280 g/mol. The van der Waals surface area contributed by atoms with Crippen LogP contribution in [-0.4, -0.2) is 97.7 Å². The molecule has 0 radical (unpaired) electrons. The number of aliphatic carboxylic acids is 2. The molecule has 0 aliphatic heterocycles. The molecule has 0 aliphatic carbocycles. The Labute approximate surface area is 591 Å². The molecule has 0 spiro atoms. The number of unbranched alkanes of at least 4 members (excludes halogenated alkanes) is 64. The summed E-state index contributed by atoms with van der Waals surface area (Å²) in [6, 6.07) is -0.922. The smallest absolute Gasteiger partial charge is 0.548 e. The fourth-order valence-electron chi connectivity index (χ4n) is 13.5. The van der Waals surface area contributed by atoms with Crippen LogP contribution in [0.3, 0.4) is 0 Å². The maximum Gasteiger partial charge on any atom is 2.00 e. The van der Waals surface area contributed by atoms with Gasteiger partial charge in [0.2, 0.25) is 0 Å². The number of carboxylic acids is 2. The summed E-state index contributed by atoms with van der Waals surface area (Å²) >= 11 is 0. The van der Waals surface area contributed by atoms with Gasteiger partial charge < -0.3 is 19.8 Å². The van der Waals surface area contributed by atoms with Crippen molar-refractivity contribution in [2.45, 2.75) is 490 Å². The zero-order chi connectivity index (χ0) is 64.4. The third kappa shape index (κ3) is 77.0. The Kier molecular flexibility index (Phi) is 86.3. The molecule has 528 valence electrons. The zero-order valence-electron chi connectivity index (χ0n) is 62.3. The fourth-order valence-corrected chi connectivity index (χ4v) is 13.5. The molecule has 0 heterocycles. The van der Waals surface area contributed by atoms with Gasteiger partial charge in [0, 0.05) is 12.1 Å². The van der Waals surface area contributed by atoms with E-state index in [-0.39, 0.29) is 37.7 Å². The SMILES string of the molecule is CCCCCCCCCCCCCCCCCCCN(CCCCCCCCCCCCCCCCCCC)C(C)C(=O)[O-].CCCCCCCCCCCCCCCCCCCN(CCCCCCCCCCCCCCCCCCC)C(C)C(=O)[O-].[Ca+2]. The van der Waals surface area contributed by atoms with Crippen molar-refractivity contribution in [1.29, 1.82) is 0 Å². The van der Waals surface area contributed by atoms with Crippen molar-refractivity contribution in [3.63, 3.8) is 0 Å². The average Bonchev–Trinajstić information content (AvgIpc) is 3.60. The van der Waals surface area contributed by atoms with Gasteiger partial charge in [0.25, 0.3) is 0 Å². The molecular formula is C82H164CaN2O4. The Bertz CT molecular complexity index is 1130. The van der Waals surface area contributed by atoms with Gasteiger partial charge in [-0.05, 0) is 65.7 Å². The van der Waals surface area contributed by atoms with Crippen molar-refractivity contribution in [2.24, 2.45) is 0 Å². The summed E-state index contributed by atoms with van der Waals surface area (Å²) < 4.78 is 0. The van der Waals surface area contributed by atoms with Crippen molar-refractivity contribution in [1.82, 2.24) is 9.80 Å². The Hall–Kier alpha value is 0.120. The molecule has 0 amide bonds. The van der Waals surface area contributed by atoms with Crippen molar-refractivity contribution in [3.05, 3.63) is 0 Å². The number of carboxylic acid groups (broad SMARTS) is 2. The molecular weight excluding hydrogens is 1120 g/mol. The van der Waals surface area contributed by atoms with Crippen LogP contribution in [0, 0.1) is 0 Å². The Morgan fingerprint density at radius 3 is 0.382 bits per heavy atom.